The van der Waals surface area contributed by atoms with Gasteiger partial charge in [-0.15, -0.1) is 0 Å². The first-order valence-corrected chi connectivity index (χ1v) is 7.40. The molecule has 0 unspecified atom stereocenters. The van der Waals surface area contributed by atoms with E-state index < -0.39 is 0 Å². The Morgan fingerprint density at radius 3 is 2.63 bits per heavy atom. The maximum atomic E-state index is 11.8. The topological polar surface area (TPSA) is 61.4 Å². The highest BCUT2D eigenvalue weighted by Gasteiger charge is 2.20. The fourth-order valence-electron chi connectivity index (χ4n) is 2.27. The lowest BCUT2D eigenvalue weighted by Gasteiger charge is -2.26. The molecule has 3 N–H and O–H groups in total. The Labute approximate surface area is 121 Å². The van der Waals surface area contributed by atoms with Gasteiger partial charge >= 0.3 is 6.03 Å². The van der Waals surface area contributed by atoms with Crippen LogP contribution in [0.3, 0.4) is 0 Å². The van der Waals surface area contributed by atoms with Gasteiger partial charge in [0.2, 0.25) is 0 Å². The lowest BCUT2D eigenvalue weighted by molar-refractivity contribution is 0.117. The molecule has 4 nitrogen and oxygen atoms in total. The average molecular weight is 327 g/mol. The van der Waals surface area contributed by atoms with Crippen molar-refractivity contribution >= 4 is 22.0 Å². The van der Waals surface area contributed by atoms with Gasteiger partial charge in [-0.3, -0.25) is 0 Å². The predicted octanol–water partition coefficient (Wildman–Crippen LogP) is 2.55. The Balaban J connectivity index is 1.74. The Morgan fingerprint density at radius 1 is 1.26 bits per heavy atom. The summed E-state index contributed by atoms with van der Waals surface area (Å²) < 4.78 is 0.996. The summed E-state index contributed by atoms with van der Waals surface area (Å²) in [6.07, 6.45) is 3.05. The molecule has 1 aromatic carbocycles. The van der Waals surface area contributed by atoms with Crippen molar-refractivity contribution in [1.29, 1.82) is 0 Å². The van der Waals surface area contributed by atoms with Gasteiger partial charge in [0.15, 0.2) is 0 Å². The van der Waals surface area contributed by atoms with Crippen LogP contribution in [0.1, 0.15) is 31.2 Å². The number of carbonyl (C=O) groups is 1. The van der Waals surface area contributed by atoms with E-state index >= 15 is 0 Å². The van der Waals surface area contributed by atoms with Gasteiger partial charge in [-0.1, -0.05) is 34.1 Å². The van der Waals surface area contributed by atoms with Gasteiger partial charge in [0.05, 0.1) is 6.10 Å². The molecule has 5 heteroatoms. The lowest BCUT2D eigenvalue weighted by atomic mass is 9.93. The summed E-state index contributed by atoms with van der Waals surface area (Å²) in [6.45, 7) is 0.503. The predicted molar refractivity (Wildman–Crippen MR) is 77.8 cm³/mol. The Hall–Kier alpha value is -1.07. The third-order valence-electron chi connectivity index (χ3n) is 3.43. The number of carbonyl (C=O) groups excluding carboxylic acids is 1. The number of halogens is 1. The summed E-state index contributed by atoms with van der Waals surface area (Å²) in [5.74, 6) is 0. The molecule has 2 rings (SSSR count). The molecule has 104 valence electrons. The number of urea groups is 1. The molecule has 1 aliphatic rings. The van der Waals surface area contributed by atoms with Crippen LogP contribution in [0, 0.1) is 0 Å². The van der Waals surface area contributed by atoms with Crippen LogP contribution in [-0.2, 0) is 6.54 Å². The van der Waals surface area contributed by atoms with E-state index in [1.54, 1.807) is 0 Å². The number of benzene rings is 1. The van der Waals surface area contributed by atoms with Crippen molar-refractivity contribution in [3.05, 3.63) is 34.3 Å². The molecule has 1 aromatic rings. The first kappa shape index (κ1) is 14.3. The first-order valence-electron chi connectivity index (χ1n) is 6.61. The molecule has 2 amide bonds. The standard InChI is InChI=1S/C14H19BrN2O2/c15-13-4-2-1-3-10(13)9-16-14(19)17-11-5-7-12(18)8-6-11/h1-4,11-12,18H,5-9H2,(H2,16,17,19). The molecule has 1 aliphatic carbocycles. The van der Waals surface area contributed by atoms with Crippen molar-refractivity contribution < 1.29 is 9.90 Å². The maximum Gasteiger partial charge on any atom is 0.315 e. The SMILES string of the molecule is O=C(NCc1ccccc1Br)NC1CCC(O)CC1. The molecule has 0 atom stereocenters. The molecular formula is C14H19BrN2O2. The summed E-state index contributed by atoms with van der Waals surface area (Å²) in [5, 5.41) is 15.2. The van der Waals surface area contributed by atoms with Crippen LogP contribution in [0.15, 0.2) is 28.7 Å². The molecule has 0 aromatic heterocycles. The maximum absolute atomic E-state index is 11.8. The minimum absolute atomic E-state index is 0.142. The summed E-state index contributed by atoms with van der Waals surface area (Å²) in [4.78, 5) is 11.8. The van der Waals surface area contributed by atoms with Crippen LogP contribution in [0.2, 0.25) is 0 Å². The third-order valence-corrected chi connectivity index (χ3v) is 4.20. The second-order valence-electron chi connectivity index (χ2n) is 4.92. The van der Waals surface area contributed by atoms with Crippen LogP contribution in [0.4, 0.5) is 4.79 Å². The van der Waals surface area contributed by atoms with Crippen LogP contribution >= 0.6 is 15.9 Å². The molecule has 0 aliphatic heterocycles. The normalized spacial score (nSPS) is 22.8. The Bertz CT molecular complexity index is 431. The second kappa shape index (κ2) is 6.91. The monoisotopic (exact) mass is 326 g/mol. The zero-order valence-electron chi connectivity index (χ0n) is 10.7. The van der Waals surface area contributed by atoms with Crippen molar-refractivity contribution in [2.24, 2.45) is 0 Å². The minimum Gasteiger partial charge on any atom is -0.393 e. The quantitative estimate of drug-likeness (QED) is 0.799. The molecule has 0 bridgehead atoms. The van der Waals surface area contributed by atoms with Crippen molar-refractivity contribution in [3.63, 3.8) is 0 Å². The first-order chi connectivity index (χ1) is 9.15. The van der Waals surface area contributed by atoms with E-state index in [1.165, 1.54) is 0 Å². The smallest absolute Gasteiger partial charge is 0.315 e. The summed E-state index contributed by atoms with van der Waals surface area (Å²) in [7, 11) is 0. The molecule has 1 saturated carbocycles. The number of amides is 2. The minimum atomic E-state index is -0.193. The number of rotatable bonds is 3. The summed E-state index contributed by atoms with van der Waals surface area (Å²) in [5.41, 5.74) is 1.05. The molecule has 0 heterocycles. The molecule has 0 radical (unpaired) electrons. The van der Waals surface area contributed by atoms with Gasteiger partial charge in [0.25, 0.3) is 0 Å². The second-order valence-corrected chi connectivity index (χ2v) is 5.78. The Kier molecular flexibility index (Phi) is 5.22. The van der Waals surface area contributed by atoms with Crippen LogP contribution in [-0.4, -0.2) is 23.3 Å². The van der Waals surface area contributed by atoms with E-state index in [2.05, 4.69) is 26.6 Å². The molecule has 0 saturated heterocycles. The molecule has 19 heavy (non-hydrogen) atoms. The van der Waals surface area contributed by atoms with Crippen molar-refractivity contribution in [2.75, 3.05) is 0 Å². The summed E-state index contributed by atoms with van der Waals surface area (Å²) >= 11 is 3.45. The zero-order valence-corrected chi connectivity index (χ0v) is 12.3. The van der Waals surface area contributed by atoms with E-state index in [9.17, 15) is 9.90 Å². The third kappa shape index (κ3) is 4.51. The van der Waals surface area contributed by atoms with E-state index in [-0.39, 0.29) is 18.2 Å². The van der Waals surface area contributed by atoms with Crippen molar-refractivity contribution in [3.8, 4) is 0 Å². The van der Waals surface area contributed by atoms with Gasteiger partial charge in [-0.05, 0) is 37.3 Å². The highest BCUT2D eigenvalue weighted by molar-refractivity contribution is 9.10. The van der Waals surface area contributed by atoms with Gasteiger partial charge in [0, 0.05) is 17.1 Å². The zero-order chi connectivity index (χ0) is 13.7. The molecule has 0 spiro atoms. The van der Waals surface area contributed by atoms with Gasteiger partial charge in [-0.2, -0.15) is 0 Å². The molecule has 1 fully saturated rings. The average Bonchev–Trinajstić information content (AvgIpc) is 2.40. The van der Waals surface area contributed by atoms with E-state index in [4.69, 9.17) is 0 Å². The largest absolute Gasteiger partial charge is 0.393 e. The van der Waals surface area contributed by atoms with Gasteiger partial charge in [0.1, 0.15) is 0 Å². The van der Waals surface area contributed by atoms with E-state index in [0.29, 0.717) is 6.54 Å². The number of aliphatic hydroxyl groups is 1. The molecular weight excluding hydrogens is 308 g/mol. The fourth-order valence-corrected chi connectivity index (χ4v) is 2.70. The van der Waals surface area contributed by atoms with Crippen LogP contribution in [0.25, 0.3) is 0 Å². The number of hydrogen-bond donors (Lipinski definition) is 3. The van der Waals surface area contributed by atoms with Gasteiger partial charge < -0.3 is 15.7 Å². The highest BCUT2D eigenvalue weighted by Crippen LogP contribution is 2.18. The number of nitrogens with one attached hydrogen (secondary N) is 2. The highest BCUT2D eigenvalue weighted by atomic mass is 79.9. The lowest BCUT2D eigenvalue weighted by Crippen LogP contribution is -2.43. The number of hydrogen-bond acceptors (Lipinski definition) is 2. The van der Waals surface area contributed by atoms with Crippen LogP contribution < -0.4 is 10.6 Å². The number of aliphatic hydroxyl groups excluding tert-OH is 1. The fraction of sp³-hybridized carbons (Fsp3) is 0.500. The van der Waals surface area contributed by atoms with E-state index in [1.807, 2.05) is 24.3 Å². The Morgan fingerprint density at radius 2 is 1.95 bits per heavy atom. The van der Waals surface area contributed by atoms with Crippen molar-refractivity contribution in [2.45, 2.75) is 44.4 Å². The van der Waals surface area contributed by atoms with Crippen LogP contribution in [0.5, 0.6) is 0 Å². The van der Waals surface area contributed by atoms with E-state index in [0.717, 1.165) is 35.7 Å². The van der Waals surface area contributed by atoms with Gasteiger partial charge in [-0.25, -0.2) is 4.79 Å². The summed E-state index contributed by atoms with van der Waals surface area (Å²) in [6, 6.07) is 7.86. The van der Waals surface area contributed by atoms with Crippen molar-refractivity contribution in [1.82, 2.24) is 10.6 Å².